The number of nitrogens with one attached hydrogen (secondary N) is 1. The fourth-order valence-electron chi connectivity index (χ4n) is 4.57. The van der Waals surface area contributed by atoms with Gasteiger partial charge in [0.15, 0.2) is 11.5 Å². The summed E-state index contributed by atoms with van der Waals surface area (Å²) in [5, 5.41) is 3.55. The summed E-state index contributed by atoms with van der Waals surface area (Å²) in [4.78, 5) is 29.2. The molecule has 0 radical (unpaired) electrons. The van der Waals surface area contributed by atoms with Gasteiger partial charge in [-0.1, -0.05) is 53.9 Å². The number of rotatable bonds is 12. The number of halogens is 2. The van der Waals surface area contributed by atoms with E-state index in [1.807, 2.05) is 27.7 Å². The van der Waals surface area contributed by atoms with E-state index in [0.717, 1.165) is 9.87 Å². The van der Waals surface area contributed by atoms with Crippen molar-refractivity contribution in [3.63, 3.8) is 0 Å². The van der Waals surface area contributed by atoms with Crippen molar-refractivity contribution in [2.24, 2.45) is 0 Å². The zero-order valence-corrected chi connectivity index (χ0v) is 28.3. The van der Waals surface area contributed by atoms with Gasteiger partial charge in [0.25, 0.3) is 10.0 Å². The third-order valence-corrected chi connectivity index (χ3v) is 9.31. The summed E-state index contributed by atoms with van der Waals surface area (Å²) in [6.45, 7) is 8.36. The molecule has 0 aromatic heterocycles. The minimum atomic E-state index is -4.28. The van der Waals surface area contributed by atoms with E-state index in [9.17, 15) is 18.0 Å². The Morgan fingerprint density at radius 1 is 0.932 bits per heavy atom. The highest BCUT2D eigenvalue weighted by atomic mass is 35.5. The smallest absolute Gasteiger partial charge is 0.264 e. The summed E-state index contributed by atoms with van der Waals surface area (Å²) in [5.74, 6) is -0.370. The molecule has 1 N–H and O–H groups in total. The number of sulfonamides is 1. The predicted molar refractivity (Wildman–Crippen MR) is 174 cm³/mol. The van der Waals surface area contributed by atoms with Crippen LogP contribution in [0.1, 0.15) is 45.2 Å². The zero-order chi connectivity index (χ0) is 32.8. The summed E-state index contributed by atoms with van der Waals surface area (Å²) in [7, 11) is -1.38. The summed E-state index contributed by atoms with van der Waals surface area (Å²) in [5.41, 5.74) is 0.891. The molecular weight excluding hydrogens is 625 g/mol. The molecule has 3 aromatic carbocycles. The van der Waals surface area contributed by atoms with Crippen LogP contribution in [-0.2, 0) is 26.2 Å². The van der Waals surface area contributed by atoms with E-state index in [2.05, 4.69) is 5.32 Å². The summed E-state index contributed by atoms with van der Waals surface area (Å²) >= 11 is 13.0. The second kappa shape index (κ2) is 14.5. The van der Waals surface area contributed by atoms with E-state index in [-0.39, 0.29) is 29.3 Å². The number of carbonyl (C=O) groups excluding carboxylic acids is 2. The number of hydrogen-bond donors (Lipinski definition) is 1. The largest absolute Gasteiger partial charge is 0.493 e. The average molecular weight is 665 g/mol. The van der Waals surface area contributed by atoms with Gasteiger partial charge in [0.05, 0.1) is 24.8 Å². The number of nitrogens with zero attached hydrogens (tertiary/aromatic N) is 2. The van der Waals surface area contributed by atoms with Crippen molar-refractivity contribution < 1.29 is 27.5 Å². The lowest BCUT2D eigenvalue weighted by Gasteiger charge is -2.35. The van der Waals surface area contributed by atoms with Gasteiger partial charge >= 0.3 is 0 Å². The van der Waals surface area contributed by atoms with Crippen molar-refractivity contribution in [1.29, 1.82) is 0 Å². The summed E-state index contributed by atoms with van der Waals surface area (Å²) < 4.78 is 40.1. The molecule has 3 aromatic rings. The molecule has 0 saturated heterocycles. The lowest BCUT2D eigenvalue weighted by atomic mass is 10.1. The van der Waals surface area contributed by atoms with E-state index in [1.54, 1.807) is 43.3 Å². The van der Waals surface area contributed by atoms with Gasteiger partial charge in [-0.25, -0.2) is 8.42 Å². The first-order chi connectivity index (χ1) is 20.6. The standard InChI is InChI=1S/C32H39Cl2N3O6S/c1-8-27(31(39)35-32(3,4)5)36(19-24-25(33)10-9-11-26(24)34)30(38)20-37(22-14-17-28(42-6)29(18-22)43-7)44(40,41)23-15-12-21(2)13-16-23/h9-18,27H,8,19-20H2,1-7H3,(H,35,39)/t27-/m0/s1. The Hall–Kier alpha value is -3.47. The Balaban J connectivity index is 2.17. The summed E-state index contributed by atoms with van der Waals surface area (Å²) in [6.07, 6.45) is 0.247. The Morgan fingerprint density at radius 3 is 2.05 bits per heavy atom. The van der Waals surface area contributed by atoms with Gasteiger partial charge in [-0.2, -0.15) is 0 Å². The first-order valence-electron chi connectivity index (χ1n) is 14.0. The van der Waals surface area contributed by atoms with Crippen LogP contribution in [0.4, 0.5) is 5.69 Å². The maximum atomic E-state index is 14.3. The maximum absolute atomic E-state index is 14.3. The number of carbonyl (C=O) groups is 2. The number of ether oxygens (including phenoxy) is 2. The molecule has 0 saturated carbocycles. The van der Waals surface area contributed by atoms with Crippen LogP contribution >= 0.6 is 23.2 Å². The number of methoxy groups -OCH3 is 2. The Bertz CT molecular complexity index is 1570. The molecule has 0 unspecified atom stereocenters. The second-order valence-corrected chi connectivity index (χ2v) is 13.9. The quantitative estimate of drug-likeness (QED) is 0.246. The molecule has 0 spiro atoms. The van der Waals surface area contributed by atoms with Crippen LogP contribution < -0.4 is 19.1 Å². The number of benzene rings is 3. The zero-order valence-electron chi connectivity index (χ0n) is 26.0. The van der Waals surface area contributed by atoms with Gasteiger partial charge in [-0.15, -0.1) is 0 Å². The molecule has 0 heterocycles. The number of amides is 2. The van der Waals surface area contributed by atoms with Crippen molar-refractivity contribution in [3.8, 4) is 11.5 Å². The molecule has 0 aliphatic rings. The van der Waals surface area contributed by atoms with Crippen molar-refractivity contribution in [1.82, 2.24) is 10.2 Å². The monoisotopic (exact) mass is 663 g/mol. The molecule has 44 heavy (non-hydrogen) atoms. The first-order valence-corrected chi connectivity index (χ1v) is 16.2. The third kappa shape index (κ3) is 8.37. The predicted octanol–water partition coefficient (Wildman–Crippen LogP) is 6.24. The van der Waals surface area contributed by atoms with E-state index in [0.29, 0.717) is 21.4 Å². The minimum Gasteiger partial charge on any atom is -0.493 e. The topological polar surface area (TPSA) is 105 Å². The van der Waals surface area contributed by atoms with Crippen LogP contribution in [0.25, 0.3) is 0 Å². The first kappa shape index (κ1) is 35.0. The van der Waals surface area contributed by atoms with Crippen molar-refractivity contribution in [3.05, 3.63) is 81.8 Å². The highest BCUT2D eigenvalue weighted by Crippen LogP contribution is 2.34. The number of hydrogen-bond acceptors (Lipinski definition) is 6. The fraction of sp³-hybridized carbons (Fsp3) is 0.375. The van der Waals surface area contributed by atoms with Crippen molar-refractivity contribution in [2.75, 3.05) is 25.1 Å². The lowest BCUT2D eigenvalue weighted by molar-refractivity contribution is -0.141. The molecule has 0 aliphatic carbocycles. The van der Waals surface area contributed by atoms with Gasteiger partial charge in [0, 0.05) is 33.8 Å². The molecule has 12 heteroatoms. The Labute approximate surface area is 270 Å². The molecule has 238 valence electrons. The third-order valence-electron chi connectivity index (χ3n) is 6.82. The van der Waals surface area contributed by atoms with E-state index in [1.165, 1.54) is 43.4 Å². The van der Waals surface area contributed by atoms with Crippen molar-refractivity contribution in [2.45, 2.75) is 64.1 Å². The second-order valence-electron chi connectivity index (χ2n) is 11.2. The molecule has 9 nitrogen and oxygen atoms in total. The van der Waals surface area contributed by atoms with E-state index >= 15 is 0 Å². The molecule has 0 bridgehead atoms. The molecular formula is C32H39Cl2N3O6S. The minimum absolute atomic E-state index is 0.0103. The van der Waals surface area contributed by atoms with E-state index in [4.69, 9.17) is 32.7 Å². The number of anilines is 1. The van der Waals surface area contributed by atoms with Gasteiger partial charge in [-0.3, -0.25) is 13.9 Å². The average Bonchev–Trinajstić information content (AvgIpc) is 2.96. The van der Waals surface area contributed by atoms with Gasteiger partial charge in [-0.05, 0) is 70.5 Å². The van der Waals surface area contributed by atoms with Gasteiger partial charge in [0.2, 0.25) is 11.8 Å². The van der Waals surface area contributed by atoms with Crippen LogP contribution in [0.3, 0.4) is 0 Å². The van der Waals surface area contributed by atoms with Crippen LogP contribution in [0.15, 0.2) is 65.6 Å². The summed E-state index contributed by atoms with van der Waals surface area (Å²) in [6, 6.07) is 14.9. The van der Waals surface area contributed by atoms with E-state index < -0.39 is 40.0 Å². The SMILES string of the molecule is CC[C@@H](C(=O)NC(C)(C)C)N(Cc1c(Cl)cccc1Cl)C(=O)CN(c1ccc(OC)c(OC)c1)S(=O)(=O)c1ccc(C)cc1. The Morgan fingerprint density at radius 2 is 1.52 bits per heavy atom. The fourth-order valence-corrected chi connectivity index (χ4v) is 6.50. The molecule has 3 rings (SSSR count). The molecule has 2 amide bonds. The van der Waals surface area contributed by atoms with Crippen LogP contribution in [0.2, 0.25) is 10.0 Å². The van der Waals surface area contributed by atoms with Crippen LogP contribution in [-0.4, -0.2) is 57.5 Å². The normalized spacial score (nSPS) is 12.3. The van der Waals surface area contributed by atoms with Crippen LogP contribution in [0, 0.1) is 6.92 Å². The van der Waals surface area contributed by atoms with Gasteiger partial charge in [0.1, 0.15) is 12.6 Å². The number of aryl methyl sites for hydroxylation is 1. The van der Waals surface area contributed by atoms with Crippen LogP contribution in [0.5, 0.6) is 11.5 Å². The molecule has 1 atom stereocenters. The van der Waals surface area contributed by atoms with Gasteiger partial charge < -0.3 is 19.7 Å². The molecule has 0 fully saturated rings. The Kier molecular flexibility index (Phi) is 11.6. The molecule has 0 aliphatic heterocycles. The lowest BCUT2D eigenvalue weighted by Crippen LogP contribution is -2.55. The highest BCUT2D eigenvalue weighted by molar-refractivity contribution is 7.92. The van der Waals surface area contributed by atoms with Crippen molar-refractivity contribution >= 4 is 50.7 Å². The highest BCUT2D eigenvalue weighted by Gasteiger charge is 2.35. The maximum Gasteiger partial charge on any atom is 0.264 e.